The van der Waals surface area contributed by atoms with Gasteiger partial charge in [-0.1, -0.05) is 12.1 Å². The lowest BCUT2D eigenvalue weighted by Gasteiger charge is -2.09. The Kier molecular flexibility index (Phi) is 5.28. The molecule has 0 aliphatic rings. The van der Waals surface area contributed by atoms with E-state index in [4.69, 9.17) is 15.3 Å². The fourth-order valence-electron chi connectivity index (χ4n) is 1.99. The monoisotopic (exact) mass is 319 g/mol. The van der Waals surface area contributed by atoms with Crippen LogP contribution < -0.4 is 10.1 Å². The van der Waals surface area contributed by atoms with Crippen LogP contribution in [0.25, 0.3) is 0 Å². The summed E-state index contributed by atoms with van der Waals surface area (Å²) in [5.41, 5.74) is 0.713. The van der Waals surface area contributed by atoms with Crippen molar-refractivity contribution in [2.24, 2.45) is 5.92 Å². The topological polar surface area (TPSA) is 103 Å². The van der Waals surface area contributed by atoms with Gasteiger partial charge in [0, 0.05) is 12.6 Å². The summed E-state index contributed by atoms with van der Waals surface area (Å²) in [6.07, 6.45) is 0. The van der Waals surface area contributed by atoms with Crippen LogP contribution in [-0.2, 0) is 4.79 Å². The molecule has 2 aromatic rings. The Hall–Kier alpha value is -3.64. The molecule has 1 amide bonds. The second-order valence-electron chi connectivity index (χ2n) is 4.81. The zero-order valence-corrected chi connectivity index (χ0v) is 12.8. The van der Waals surface area contributed by atoms with Crippen LogP contribution in [0.4, 0.5) is 0 Å². The summed E-state index contributed by atoms with van der Waals surface area (Å²) < 4.78 is 5.62. The zero-order chi connectivity index (χ0) is 17.5. The summed E-state index contributed by atoms with van der Waals surface area (Å²) in [5.74, 6) is -1.76. The van der Waals surface area contributed by atoms with Crippen molar-refractivity contribution in [1.29, 1.82) is 10.5 Å². The Balaban J connectivity index is 2.22. The highest BCUT2D eigenvalue weighted by atomic mass is 16.5. The summed E-state index contributed by atoms with van der Waals surface area (Å²) in [4.78, 5) is 23.9. The lowest BCUT2D eigenvalue weighted by molar-refractivity contribution is -0.121. The summed E-state index contributed by atoms with van der Waals surface area (Å²) >= 11 is 0. The van der Waals surface area contributed by atoms with Gasteiger partial charge < -0.3 is 10.1 Å². The molecule has 0 aliphatic heterocycles. The first kappa shape index (κ1) is 16.7. The van der Waals surface area contributed by atoms with E-state index in [1.54, 1.807) is 42.5 Å². The van der Waals surface area contributed by atoms with Crippen LogP contribution in [0.1, 0.15) is 15.9 Å². The van der Waals surface area contributed by atoms with E-state index in [0.29, 0.717) is 17.1 Å². The van der Waals surface area contributed by atoms with Crippen molar-refractivity contribution < 1.29 is 14.3 Å². The van der Waals surface area contributed by atoms with Gasteiger partial charge in [0.2, 0.25) is 5.91 Å². The molecule has 0 aliphatic carbocycles. The van der Waals surface area contributed by atoms with Crippen molar-refractivity contribution in [1.82, 2.24) is 5.32 Å². The highest BCUT2D eigenvalue weighted by Crippen LogP contribution is 2.23. The molecule has 0 saturated carbocycles. The van der Waals surface area contributed by atoms with Crippen LogP contribution in [0.15, 0.2) is 48.5 Å². The molecule has 1 N–H and O–H groups in total. The van der Waals surface area contributed by atoms with E-state index in [2.05, 4.69) is 5.32 Å². The van der Waals surface area contributed by atoms with Crippen molar-refractivity contribution in [2.75, 3.05) is 7.05 Å². The number of carbonyl (C=O) groups is 2. The van der Waals surface area contributed by atoms with Crippen molar-refractivity contribution in [3.63, 3.8) is 0 Å². The molecule has 6 nitrogen and oxygen atoms in total. The summed E-state index contributed by atoms with van der Waals surface area (Å²) in [6, 6.07) is 16.4. The highest BCUT2D eigenvalue weighted by Gasteiger charge is 2.26. The molecule has 1 atom stereocenters. The Morgan fingerprint density at radius 1 is 1.08 bits per heavy atom. The van der Waals surface area contributed by atoms with Gasteiger partial charge in [0.05, 0.1) is 17.7 Å². The molecule has 1 unspecified atom stereocenters. The number of amides is 1. The maximum absolute atomic E-state index is 12.3. The van der Waals surface area contributed by atoms with Crippen molar-refractivity contribution in [3.8, 4) is 23.6 Å². The standard InChI is InChI=1S/C18H13N3O3/c1-21-18(23)16(11-20)17(22)13-3-2-4-15(9-13)24-14-7-5-12(10-19)6-8-14/h2-9,16H,1H3,(H,21,23). The third-order valence-electron chi connectivity index (χ3n) is 3.24. The second kappa shape index (κ2) is 7.57. The smallest absolute Gasteiger partial charge is 0.245 e. The minimum absolute atomic E-state index is 0.205. The first-order valence-electron chi connectivity index (χ1n) is 7.02. The largest absolute Gasteiger partial charge is 0.457 e. The summed E-state index contributed by atoms with van der Waals surface area (Å²) in [5, 5.41) is 20.1. The van der Waals surface area contributed by atoms with E-state index < -0.39 is 17.6 Å². The average molecular weight is 319 g/mol. The van der Waals surface area contributed by atoms with Gasteiger partial charge in [-0.05, 0) is 36.4 Å². The number of nitrogens with zero attached hydrogens (tertiary/aromatic N) is 2. The number of rotatable bonds is 5. The fourth-order valence-corrected chi connectivity index (χ4v) is 1.99. The van der Waals surface area contributed by atoms with Gasteiger partial charge >= 0.3 is 0 Å². The van der Waals surface area contributed by atoms with Crippen LogP contribution in [0, 0.1) is 28.6 Å². The molecule has 2 aromatic carbocycles. The van der Waals surface area contributed by atoms with Crippen molar-refractivity contribution in [2.45, 2.75) is 0 Å². The molecule has 0 fully saturated rings. The predicted octanol–water partition coefficient (Wildman–Crippen LogP) is 2.42. The Morgan fingerprint density at radius 3 is 2.38 bits per heavy atom. The van der Waals surface area contributed by atoms with Crippen LogP contribution in [-0.4, -0.2) is 18.7 Å². The van der Waals surface area contributed by atoms with Crippen molar-refractivity contribution >= 4 is 11.7 Å². The van der Waals surface area contributed by atoms with Gasteiger partial charge in [0.25, 0.3) is 0 Å². The number of carbonyl (C=O) groups excluding carboxylic acids is 2. The SMILES string of the molecule is CNC(=O)C(C#N)C(=O)c1cccc(Oc2ccc(C#N)cc2)c1. The minimum atomic E-state index is -1.40. The molecule has 0 spiro atoms. The Morgan fingerprint density at radius 2 is 1.79 bits per heavy atom. The third kappa shape index (κ3) is 3.76. The number of ether oxygens (including phenoxy) is 1. The number of nitriles is 2. The molecule has 2 rings (SSSR count). The first-order chi connectivity index (χ1) is 11.6. The van der Waals surface area contributed by atoms with Crippen LogP contribution >= 0.6 is 0 Å². The molecular weight excluding hydrogens is 306 g/mol. The van der Waals surface area contributed by atoms with E-state index in [0.717, 1.165) is 0 Å². The normalized spacial score (nSPS) is 10.8. The van der Waals surface area contributed by atoms with Gasteiger partial charge in [-0.2, -0.15) is 10.5 Å². The fraction of sp³-hybridized carbons (Fsp3) is 0.111. The number of ketones is 1. The molecule has 0 saturated heterocycles. The molecule has 118 valence electrons. The molecule has 0 radical (unpaired) electrons. The number of nitrogens with one attached hydrogen (secondary N) is 1. The van der Waals surface area contributed by atoms with Crippen LogP contribution in [0.5, 0.6) is 11.5 Å². The Bertz CT molecular complexity index is 845. The van der Waals surface area contributed by atoms with Gasteiger partial charge in [0.15, 0.2) is 11.7 Å². The second-order valence-corrected chi connectivity index (χ2v) is 4.81. The van der Waals surface area contributed by atoms with Gasteiger partial charge in [-0.25, -0.2) is 0 Å². The van der Waals surface area contributed by atoms with E-state index in [9.17, 15) is 9.59 Å². The molecule has 0 aromatic heterocycles. The molecule has 0 heterocycles. The number of Topliss-reactive ketones (excluding diaryl/α,β-unsaturated/α-hetero) is 1. The predicted molar refractivity (Wildman–Crippen MR) is 85.2 cm³/mol. The zero-order valence-electron chi connectivity index (χ0n) is 12.8. The van der Waals surface area contributed by atoms with Crippen molar-refractivity contribution in [3.05, 3.63) is 59.7 Å². The number of hydrogen-bond acceptors (Lipinski definition) is 5. The van der Waals surface area contributed by atoms with E-state index in [-0.39, 0.29) is 5.56 Å². The lowest BCUT2D eigenvalue weighted by atomic mass is 9.98. The van der Waals surface area contributed by atoms with Crippen LogP contribution in [0.3, 0.4) is 0 Å². The molecule has 24 heavy (non-hydrogen) atoms. The minimum Gasteiger partial charge on any atom is -0.457 e. The highest BCUT2D eigenvalue weighted by molar-refractivity contribution is 6.12. The van der Waals surface area contributed by atoms with E-state index in [1.807, 2.05) is 6.07 Å². The quantitative estimate of drug-likeness (QED) is 0.673. The van der Waals surface area contributed by atoms with Gasteiger partial charge in [-0.15, -0.1) is 0 Å². The van der Waals surface area contributed by atoms with Gasteiger partial charge in [0.1, 0.15) is 11.5 Å². The summed E-state index contributed by atoms with van der Waals surface area (Å²) in [6.45, 7) is 0. The first-order valence-corrected chi connectivity index (χ1v) is 7.02. The maximum Gasteiger partial charge on any atom is 0.245 e. The van der Waals surface area contributed by atoms with Gasteiger partial charge in [-0.3, -0.25) is 9.59 Å². The molecular formula is C18H13N3O3. The van der Waals surface area contributed by atoms with E-state index >= 15 is 0 Å². The lowest BCUT2D eigenvalue weighted by Crippen LogP contribution is -2.32. The number of hydrogen-bond donors (Lipinski definition) is 1. The van der Waals surface area contributed by atoms with Crippen LogP contribution in [0.2, 0.25) is 0 Å². The summed E-state index contributed by atoms with van der Waals surface area (Å²) in [7, 11) is 1.37. The third-order valence-corrected chi connectivity index (χ3v) is 3.24. The van der Waals surface area contributed by atoms with E-state index in [1.165, 1.54) is 19.2 Å². The molecule has 0 bridgehead atoms. The number of benzene rings is 2. The molecule has 6 heteroatoms. The maximum atomic E-state index is 12.3. The Labute approximate surface area is 138 Å². The average Bonchev–Trinajstić information content (AvgIpc) is 2.63.